The lowest BCUT2D eigenvalue weighted by Crippen LogP contribution is -1.70. The van der Waals surface area contributed by atoms with Gasteiger partial charge in [0.05, 0.1) is 0 Å². The second-order valence-corrected chi connectivity index (χ2v) is 4.29. The monoisotopic (exact) mass is 236 g/mol. The van der Waals surface area contributed by atoms with Crippen LogP contribution in [-0.2, 0) is 0 Å². The fourth-order valence-electron chi connectivity index (χ4n) is 1.21. The predicted octanol–water partition coefficient (Wildman–Crippen LogP) is 6.45. The summed E-state index contributed by atoms with van der Waals surface area (Å²) in [6.07, 6.45) is 18.5. The maximum absolute atomic E-state index is 2.30. The highest BCUT2D eigenvalue weighted by molar-refractivity contribution is 5.15. The van der Waals surface area contributed by atoms with Crippen molar-refractivity contribution < 1.29 is 0 Å². The van der Waals surface area contributed by atoms with Gasteiger partial charge >= 0.3 is 0 Å². The summed E-state index contributed by atoms with van der Waals surface area (Å²) >= 11 is 0. The first kappa shape index (κ1) is 18.6. The lowest BCUT2D eigenvalue weighted by atomic mass is 10.2. The summed E-state index contributed by atoms with van der Waals surface area (Å²) in [4.78, 5) is 0. The zero-order valence-electron chi connectivity index (χ0n) is 12.6. The molecule has 0 spiro atoms. The Hall–Kier alpha value is -0.780. The van der Waals surface area contributed by atoms with Gasteiger partial charge in [-0.25, -0.2) is 0 Å². The molecular weight excluding hydrogens is 204 g/mol. The van der Waals surface area contributed by atoms with Gasteiger partial charge in [0, 0.05) is 0 Å². The number of hydrogen-bond donors (Lipinski definition) is 0. The van der Waals surface area contributed by atoms with Crippen LogP contribution in [0.4, 0.5) is 0 Å². The highest BCUT2D eigenvalue weighted by Crippen LogP contribution is 2.01. The van der Waals surface area contributed by atoms with Crippen molar-refractivity contribution in [3.63, 3.8) is 0 Å². The summed E-state index contributed by atoms with van der Waals surface area (Å²) in [5, 5.41) is 0. The molecule has 0 atom stereocenters. The maximum atomic E-state index is 2.30. The van der Waals surface area contributed by atoms with Gasteiger partial charge in [-0.1, -0.05) is 76.0 Å². The van der Waals surface area contributed by atoms with E-state index in [4.69, 9.17) is 0 Å². The molecule has 0 aliphatic rings. The third-order valence-electron chi connectivity index (χ3n) is 2.28. The summed E-state index contributed by atoms with van der Waals surface area (Å²) < 4.78 is 0. The number of unbranched alkanes of at least 4 members (excludes halogenated alkanes) is 3. The molecule has 0 bridgehead atoms. The highest BCUT2D eigenvalue weighted by atomic mass is 13.9. The third-order valence-corrected chi connectivity index (χ3v) is 2.28. The van der Waals surface area contributed by atoms with Crippen molar-refractivity contribution in [3.05, 3.63) is 36.0 Å². The molecule has 0 fully saturated rings. The standard InChI is InChI=1S/C11H20.C6H12/c1-4-6-8-10-11(3)9-7-5-2;1-3-5-6-4-2/h8-10H,4-7H2,1-3H3;3,5H,4,6H2,1-2H3/b10-8+,11-9-;. The molecule has 0 aromatic rings. The average Bonchev–Trinajstić information content (AvgIpc) is 2.35. The molecule has 0 aliphatic heterocycles. The summed E-state index contributed by atoms with van der Waals surface area (Å²) in [7, 11) is 0. The van der Waals surface area contributed by atoms with E-state index in [0.29, 0.717) is 0 Å². The Kier molecular flexibility index (Phi) is 19.2. The van der Waals surface area contributed by atoms with Crippen LogP contribution in [0.5, 0.6) is 0 Å². The van der Waals surface area contributed by atoms with Crippen molar-refractivity contribution >= 4 is 0 Å². The molecule has 0 heterocycles. The molecule has 0 heteroatoms. The molecule has 17 heavy (non-hydrogen) atoms. The van der Waals surface area contributed by atoms with Gasteiger partial charge in [0.1, 0.15) is 0 Å². The molecule has 100 valence electrons. The van der Waals surface area contributed by atoms with E-state index in [1.54, 1.807) is 0 Å². The van der Waals surface area contributed by atoms with Gasteiger partial charge in [-0.2, -0.15) is 0 Å². The molecule has 0 N–H and O–H groups in total. The zero-order chi connectivity index (χ0) is 13.4. The molecule has 0 saturated heterocycles. The van der Waals surface area contributed by atoms with Crippen LogP contribution in [0.3, 0.4) is 0 Å². The largest absolute Gasteiger partial charge is 0.0917 e. The van der Waals surface area contributed by atoms with Gasteiger partial charge in [-0.15, -0.1) is 0 Å². The van der Waals surface area contributed by atoms with E-state index in [0.717, 1.165) is 0 Å². The maximum Gasteiger partial charge on any atom is -0.0348 e. The predicted molar refractivity (Wildman–Crippen MR) is 82.4 cm³/mol. The first-order valence-corrected chi connectivity index (χ1v) is 7.17. The molecule has 0 amide bonds. The normalized spacial score (nSPS) is 11.9. The van der Waals surface area contributed by atoms with Gasteiger partial charge in [0.15, 0.2) is 0 Å². The molecule has 0 saturated carbocycles. The molecule has 0 aromatic heterocycles. The summed E-state index contributed by atoms with van der Waals surface area (Å²) in [5.74, 6) is 0. The van der Waals surface area contributed by atoms with Crippen LogP contribution in [-0.4, -0.2) is 0 Å². The minimum Gasteiger partial charge on any atom is -0.0917 e. The van der Waals surface area contributed by atoms with Crippen LogP contribution < -0.4 is 0 Å². The lowest BCUT2D eigenvalue weighted by molar-refractivity contribution is 0.946. The first-order valence-electron chi connectivity index (χ1n) is 7.17. The quantitative estimate of drug-likeness (QED) is 0.352. The Morgan fingerprint density at radius 3 is 1.76 bits per heavy atom. The SMILES string of the molecule is CC=CCCC.CCC/C=C(C)\C=C\CCC. The van der Waals surface area contributed by atoms with E-state index >= 15 is 0 Å². The van der Waals surface area contributed by atoms with Crippen molar-refractivity contribution in [1.29, 1.82) is 0 Å². The van der Waals surface area contributed by atoms with Gasteiger partial charge < -0.3 is 0 Å². The fourth-order valence-corrected chi connectivity index (χ4v) is 1.21. The molecule has 0 radical (unpaired) electrons. The van der Waals surface area contributed by atoms with Crippen LogP contribution in [0, 0.1) is 0 Å². The van der Waals surface area contributed by atoms with E-state index in [9.17, 15) is 0 Å². The molecular formula is C17H32. The number of allylic oxidation sites excluding steroid dienone is 6. The average molecular weight is 236 g/mol. The Balaban J connectivity index is 0. The van der Waals surface area contributed by atoms with Crippen molar-refractivity contribution in [2.75, 3.05) is 0 Å². The van der Waals surface area contributed by atoms with Gasteiger partial charge in [-0.05, 0) is 33.1 Å². The highest BCUT2D eigenvalue weighted by Gasteiger charge is 1.80. The van der Waals surface area contributed by atoms with E-state index in [1.165, 1.54) is 44.1 Å². The Morgan fingerprint density at radius 2 is 1.35 bits per heavy atom. The van der Waals surface area contributed by atoms with Crippen LogP contribution >= 0.6 is 0 Å². The minimum atomic E-state index is 1.21. The van der Waals surface area contributed by atoms with Crippen molar-refractivity contribution in [1.82, 2.24) is 0 Å². The third kappa shape index (κ3) is 21.1. The Morgan fingerprint density at radius 1 is 0.824 bits per heavy atom. The van der Waals surface area contributed by atoms with Gasteiger partial charge in [0.25, 0.3) is 0 Å². The van der Waals surface area contributed by atoms with E-state index < -0.39 is 0 Å². The molecule has 0 unspecified atom stereocenters. The topological polar surface area (TPSA) is 0 Å². The van der Waals surface area contributed by atoms with Crippen molar-refractivity contribution in [2.45, 2.75) is 73.1 Å². The minimum absolute atomic E-state index is 1.21. The molecule has 0 rings (SSSR count). The zero-order valence-corrected chi connectivity index (χ0v) is 12.6. The fraction of sp³-hybridized carbons (Fsp3) is 0.647. The van der Waals surface area contributed by atoms with Crippen LogP contribution in [0.2, 0.25) is 0 Å². The van der Waals surface area contributed by atoms with Crippen LogP contribution in [0.25, 0.3) is 0 Å². The van der Waals surface area contributed by atoms with E-state index in [-0.39, 0.29) is 0 Å². The van der Waals surface area contributed by atoms with Crippen molar-refractivity contribution in [2.24, 2.45) is 0 Å². The first-order chi connectivity index (χ1) is 8.22. The van der Waals surface area contributed by atoms with E-state index in [1.807, 2.05) is 0 Å². The molecule has 0 nitrogen and oxygen atoms in total. The summed E-state index contributed by atoms with van der Waals surface area (Å²) in [6, 6.07) is 0. The van der Waals surface area contributed by atoms with Crippen molar-refractivity contribution in [3.8, 4) is 0 Å². The lowest BCUT2D eigenvalue weighted by Gasteiger charge is -1.90. The smallest absolute Gasteiger partial charge is 0.0348 e. The Bertz CT molecular complexity index is 206. The van der Waals surface area contributed by atoms with E-state index in [2.05, 4.69) is 65.0 Å². The summed E-state index contributed by atoms with van der Waals surface area (Å²) in [5.41, 5.74) is 1.40. The molecule has 0 aromatic carbocycles. The van der Waals surface area contributed by atoms with Gasteiger partial charge in [-0.3, -0.25) is 0 Å². The second kappa shape index (κ2) is 17.6. The van der Waals surface area contributed by atoms with Gasteiger partial charge in [0.2, 0.25) is 0 Å². The number of rotatable bonds is 7. The Labute approximate surface area is 110 Å². The summed E-state index contributed by atoms with van der Waals surface area (Å²) in [6.45, 7) is 10.8. The number of hydrogen-bond acceptors (Lipinski definition) is 0. The van der Waals surface area contributed by atoms with Crippen LogP contribution in [0.15, 0.2) is 36.0 Å². The second-order valence-electron chi connectivity index (χ2n) is 4.29. The van der Waals surface area contributed by atoms with Crippen LogP contribution in [0.1, 0.15) is 73.1 Å². The molecule has 0 aliphatic carbocycles.